The highest BCUT2D eigenvalue weighted by Gasteiger charge is 2.46. The Kier molecular flexibility index (Phi) is 9.05. The highest BCUT2D eigenvalue weighted by atomic mass is 32.1. The predicted molar refractivity (Wildman–Crippen MR) is 164 cm³/mol. The van der Waals surface area contributed by atoms with Crippen LogP contribution in [0.2, 0.25) is 0 Å². The van der Waals surface area contributed by atoms with Crippen LogP contribution in [0, 0.1) is 0 Å². The van der Waals surface area contributed by atoms with Gasteiger partial charge < -0.3 is 15.0 Å². The number of esters is 1. The van der Waals surface area contributed by atoms with E-state index in [2.05, 4.69) is 15.9 Å². The van der Waals surface area contributed by atoms with E-state index < -0.39 is 23.8 Å². The van der Waals surface area contributed by atoms with Crippen LogP contribution in [0.3, 0.4) is 0 Å². The number of aryl methyl sites for hydroxylation is 1. The summed E-state index contributed by atoms with van der Waals surface area (Å²) in [4.78, 5) is 54.9. The van der Waals surface area contributed by atoms with Crippen LogP contribution in [0.1, 0.15) is 39.8 Å². The van der Waals surface area contributed by atoms with E-state index in [1.807, 2.05) is 6.07 Å². The van der Waals surface area contributed by atoms with Crippen molar-refractivity contribution in [3.63, 3.8) is 0 Å². The van der Waals surface area contributed by atoms with Crippen LogP contribution in [0.25, 0.3) is 0 Å². The topological polar surface area (TPSA) is 138 Å². The maximum atomic E-state index is 13.8. The molecule has 3 amide bonds. The second kappa shape index (κ2) is 13.3. The standard InChI is InChI=1S/C31H28N6O6S/c1-3-42-30(41)21-14-16-22(17-15-21)32-26(38)18-24-29(40)37(23-12-8-5-9-13-23)31(44)36(24)19-25-28(43-34-35(25)2)33-27(39)20-10-6-4-7-11-20/h4-17,24H,3,18-19H2,1-2H3,(H-,32,33,34,38,39,41)/p+1. The van der Waals surface area contributed by atoms with E-state index in [1.54, 1.807) is 97.7 Å². The van der Waals surface area contributed by atoms with E-state index in [0.717, 1.165) is 0 Å². The number of carbonyl (C=O) groups is 4. The monoisotopic (exact) mass is 613 g/mol. The normalized spacial score (nSPS) is 14.5. The van der Waals surface area contributed by atoms with E-state index in [4.69, 9.17) is 21.5 Å². The number of rotatable bonds is 10. The van der Waals surface area contributed by atoms with Crippen LogP contribution >= 0.6 is 12.2 Å². The second-order valence-electron chi connectivity index (χ2n) is 9.78. The minimum absolute atomic E-state index is 0.00446. The molecule has 0 aliphatic carbocycles. The molecule has 1 aromatic heterocycles. The molecule has 13 heteroatoms. The number of carbonyl (C=O) groups excluding carboxylic acids is 4. The van der Waals surface area contributed by atoms with Crippen LogP contribution in [-0.2, 0) is 27.9 Å². The lowest BCUT2D eigenvalue weighted by Gasteiger charge is -2.22. The van der Waals surface area contributed by atoms with Gasteiger partial charge in [-0.2, -0.15) is 0 Å². The Morgan fingerprint density at radius 1 is 0.955 bits per heavy atom. The maximum Gasteiger partial charge on any atom is 0.338 e. The van der Waals surface area contributed by atoms with Crippen molar-refractivity contribution in [3.8, 4) is 0 Å². The molecule has 1 aliphatic rings. The van der Waals surface area contributed by atoms with Gasteiger partial charge in [0.25, 0.3) is 17.5 Å². The van der Waals surface area contributed by atoms with E-state index in [9.17, 15) is 19.2 Å². The number of ether oxygens (including phenoxy) is 1. The molecule has 224 valence electrons. The average molecular weight is 614 g/mol. The number of hydrogen-bond acceptors (Lipinski definition) is 8. The highest BCUT2D eigenvalue weighted by molar-refractivity contribution is 7.80. The molecule has 1 atom stereocenters. The fourth-order valence-electron chi connectivity index (χ4n) is 4.67. The van der Waals surface area contributed by atoms with E-state index in [0.29, 0.717) is 28.2 Å². The van der Waals surface area contributed by atoms with Crippen LogP contribution in [0.4, 0.5) is 17.3 Å². The number of anilines is 3. The van der Waals surface area contributed by atoms with Gasteiger partial charge in [0.1, 0.15) is 12.6 Å². The van der Waals surface area contributed by atoms with E-state index in [1.165, 1.54) is 9.58 Å². The van der Waals surface area contributed by atoms with Crippen molar-refractivity contribution in [3.05, 3.63) is 102 Å². The molecule has 0 saturated carbocycles. The number of aromatic nitrogens is 2. The third-order valence-corrected chi connectivity index (χ3v) is 7.30. The first-order valence-corrected chi connectivity index (χ1v) is 14.2. The molecule has 1 fully saturated rings. The van der Waals surface area contributed by atoms with Crippen molar-refractivity contribution >= 4 is 58.3 Å². The van der Waals surface area contributed by atoms with Gasteiger partial charge in [0, 0.05) is 11.3 Å². The zero-order valence-electron chi connectivity index (χ0n) is 23.9. The molecule has 2 heterocycles. The number of hydrogen-bond donors (Lipinski definition) is 2. The van der Waals surface area contributed by atoms with Crippen molar-refractivity contribution in [2.45, 2.75) is 25.9 Å². The minimum atomic E-state index is -0.978. The van der Waals surface area contributed by atoms with Crippen molar-refractivity contribution in [2.75, 3.05) is 22.1 Å². The average Bonchev–Trinajstić information content (AvgIpc) is 3.48. The van der Waals surface area contributed by atoms with Gasteiger partial charge in [-0.25, -0.2) is 4.79 Å². The molecule has 0 radical (unpaired) electrons. The highest BCUT2D eigenvalue weighted by Crippen LogP contribution is 2.29. The first-order chi connectivity index (χ1) is 21.3. The summed E-state index contributed by atoms with van der Waals surface area (Å²) in [6.07, 6.45) is -0.233. The van der Waals surface area contributed by atoms with Gasteiger partial charge in [-0.05, 0) is 72.4 Å². The Labute approximate surface area is 258 Å². The first-order valence-electron chi connectivity index (χ1n) is 13.7. The summed E-state index contributed by atoms with van der Waals surface area (Å²) in [6, 6.07) is 22.8. The largest absolute Gasteiger partial charge is 0.462 e. The van der Waals surface area contributed by atoms with Gasteiger partial charge in [0.15, 0.2) is 12.2 Å². The molecule has 1 saturated heterocycles. The zero-order chi connectivity index (χ0) is 31.2. The molecule has 1 aliphatic heterocycles. The second-order valence-corrected chi connectivity index (χ2v) is 10.1. The molecule has 2 N–H and O–H groups in total. The van der Waals surface area contributed by atoms with Crippen molar-refractivity contribution in [2.24, 2.45) is 7.05 Å². The molecule has 4 aromatic rings. The number of benzene rings is 3. The Balaban J connectivity index is 1.38. The van der Waals surface area contributed by atoms with Crippen molar-refractivity contribution in [1.29, 1.82) is 0 Å². The van der Waals surface area contributed by atoms with Crippen molar-refractivity contribution < 1.29 is 33.1 Å². The van der Waals surface area contributed by atoms with Crippen LogP contribution in [0.15, 0.2) is 89.5 Å². The number of para-hydroxylation sites is 1. The lowest BCUT2D eigenvalue weighted by molar-refractivity contribution is -0.746. The Hall–Kier alpha value is -5.43. The van der Waals surface area contributed by atoms with Gasteiger partial charge in [0.2, 0.25) is 11.2 Å². The smallest absolute Gasteiger partial charge is 0.338 e. The van der Waals surface area contributed by atoms with Gasteiger partial charge in [-0.3, -0.25) is 29.1 Å². The van der Waals surface area contributed by atoms with Gasteiger partial charge in [0.05, 0.1) is 24.3 Å². The van der Waals surface area contributed by atoms with Gasteiger partial charge in [-0.15, -0.1) is 0 Å². The third-order valence-electron chi connectivity index (χ3n) is 6.88. The number of nitrogens with one attached hydrogen (secondary N) is 2. The predicted octanol–water partition coefficient (Wildman–Crippen LogP) is 3.46. The minimum Gasteiger partial charge on any atom is -0.462 e. The lowest BCUT2D eigenvalue weighted by atomic mass is 10.1. The summed E-state index contributed by atoms with van der Waals surface area (Å²) in [6.45, 7) is 1.97. The van der Waals surface area contributed by atoms with Crippen LogP contribution in [0.5, 0.6) is 0 Å². The Morgan fingerprint density at radius 3 is 2.27 bits per heavy atom. The summed E-state index contributed by atoms with van der Waals surface area (Å²) >= 11 is 5.77. The third kappa shape index (κ3) is 6.47. The quantitative estimate of drug-likeness (QED) is 0.156. The van der Waals surface area contributed by atoms with Crippen molar-refractivity contribution in [1.82, 2.24) is 10.2 Å². The van der Waals surface area contributed by atoms with E-state index in [-0.39, 0.29) is 36.5 Å². The Morgan fingerprint density at radius 2 is 1.61 bits per heavy atom. The lowest BCUT2D eigenvalue weighted by Crippen LogP contribution is -2.43. The maximum absolute atomic E-state index is 13.8. The molecule has 1 unspecified atom stereocenters. The SMILES string of the molecule is CCOC(=O)c1ccc(NC(=O)CC2C(=O)N(c3ccccc3)C(=S)N2Cc2c(NC(=O)c3ccccc3)on[n+]2C)cc1. The van der Waals surface area contributed by atoms with Crippen LogP contribution in [-0.4, -0.2) is 51.6 Å². The molecule has 0 spiro atoms. The van der Waals surface area contributed by atoms with E-state index >= 15 is 0 Å². The Bertz CT molecular complexity index is 1690. The first kappa shape index (κ1) is 30.0. The van der Waals surface area contributed by atoms with Gasteiger partial charge in [-0.1, -0.05) is 36.4 Å². The molecule has 3 aromatic carbocycles. The molecule has 12 nitrogen and oxygen atoms in total. The number of nitrogens with zero attached hydrogens (tertiary/aromatic N) is 4. The van der Waals surface area contributed by atoms with Gasteiger partial charge >= 0.3 is 11.9 Å². The summed E-state index contributed by atoms with van der Waals surface area (Å²) in [5.74, 6) is -1.61. The number of amides is 3. The molecule has 5 rings (SSSR count). The summed E-state index contributed by atoms with van der Waals surface area (Å²) in [5, 5.41) is 9.63. The summed E-state index contributed by atoms with van der Waals surface area (Å²) in [5.41, 5.74) is 2.20. The summed E-state index contributed by atoms with van der Waals surface area (Å²) < 4.78 is 11.8. The number of thiocarbonyl (C=S) groups is 1. The molecule has 44 heavy (non-hydrogen) atoms. The molecule has 0 bridgehead atoms. The molecular weight excluding hydrogens is 584 g/mol. The molecular formula is C31H29N6O6S+. The fraction of sp³-hybridized carbons (Fsp3) is 0.194. The fourth-order valence-corrected chi connectivity index (χ4v) is 5.05. The van der Waals surface area contributed by atoms with Crippen LogP contribution < -0.4 is 20.2 Å². The zero-order valence-corrected chi connectivity index (χ0v) is 24.7. The summed E-state index contributed by atoms with van der Waals surface area (Å²) in [7, 11) is 1.63.